The Labute approximate surface area is 202 Å². The van der Waals surface area contributed by atoms with Crippen LogP contribution in [-0.4, -0.2) is 29.6 Å². The van der Waals surface area contributed by atoms with Crippen LogP contribution >= 0.6 is 35.7 Å². The van der Waals surface area contributed by atoms with E-state index < -0.39 is 5.54 Å². The Kier molecular flexibility index (Phi) is 6.70. The van der Waals surface area contributed by atoms with Crippen LogP contribution in [0.1, 0.15) is 44.4 Å². The number of nitrogens with one attached hydrogen (secondary N) is 1. The van der Waals surface area contributed by atoms with Crippen molar-refractivity contribution >= 4 is 57.2 Å². The molecule has 0 unspecified atom stereocenters. The third kappa shape index (κ3) is 4.34. The van der Waals surface area contributed by atoms with E-state index in [0.29, 0.717) is 18.1 Å². The average molecular weight is 484 g/mol. The van der Waals surface area contributed by atoms with Crippen molar-refractivity contribution in [2.24, 2.45) is 0 Å². The van der Waals surface area contributed by atoms with Gasteiger partial charge in [-0.05, 0) is 51.5 Å². The number of hydrogen-bond acceptors (Lipinski definition) is 7. The number of ether oxygens (including phenoxy) is 2. The highest BCUT2D eigenvalue weighted by molar-refractivity contribution is 8.32. The summed E-state index contributed by atoms with van der Waals surface area (Å²) in [5, 5.41) is 3.63. The third-order valence-electron chi connectivity index (χ3n) is 5.12. The second-order valence-electron chi connectivity index (χ2n) is 7.83. The van der Waals surface area contributed by atoms with Gasteiger partial charge < -0.3 is 14.8 Å². The fourth-order valence-corrected chi connectivity index (χ4v) is 6.45. The van der Waals surface area contributed by atoms with Gasteiger partial charge in [-0.3, -0.25) is 0 Å². The monoisotopic (exact) mass is 483 g/mol. The summed E-state index contributed by atoms with van der Waals surface area (Å²) in [5.74, 6) is 0.509. The minimum atomic E-state index is -0.420. The summed E-state index contributed by atoms with van der Waals surface area (Å²) in [6.45, 7) is 8.88. The van der Waals surface area contributed by atoms with Gasteiger partial charge in [0.15, 0.2) is 0 Å². The van der Waals surface area contributed by atoms with Crippen LogP contribution in [0.2, 0.25) is 0 Å². The number of rotatable bonds is 5. The van der Waals surface area contributed by atoms with Crippen LogP contribution in [0.4, 0.5) is 0 Å². The maximum absolute atomic E-state index is 12.8. The number of fused-ring (bicyclic) bond motifs is 1. The molecule has 4 rings (SSSR count). The van der Waals surface area contributed by atoms with Crippen LogP contribution in [0.3, 0.4) is 0 Å². The minimum absolute atomic E-state index is 0.294. The molecule has 2 aliphatic heterocycles. The molecule has 7 heteroatoms. The first-order chi connectivity index (χ1) is 15.4. The van der Waals surface area contributed by atoms with Crippen LogP contribution in [0, 0.1) is 0 Å². The number of carbonyl (C=O) groups is 1. The molecule has 0 saturated carbocycles. The second-order valence-corrected chi connectivity index (χ2v) is 10.5. The minimum Gasteiger partial charge on any atom is -0.494 e. The Bertz CT molecular complexity index is 1140. The Balaban J connectivity index is 1.83. The molecule has 0 fully saturated rings. The van der Waals surface area contributed by atoms with E-state index in [1.165, 1.54) is 11.8 Å². The summed E-state index contributed by atoms with van der Waals surface area (Å²) in [7, 11) is 0. The SMILES string of the molecule is CCOC(=O)C1=C(c2ccccc2)S/C(=C2\NC(C)(C)C(=S)c3cc(OCC)ccc32)S1. The average Bonchev–Trinajstić information content (AvgIpc) is 3.23. The normalized spacial score (nSPS) is 19.4. The summed E-state index contributed by atoms with van der Waals surface area (Å²) >= 11 is 8.88. The van der Waals surface area contributed by atoms with Crippen LogP contribution in [0.5, 0.6) is 5.75 Å². The molecule has 166 valence electrons. The molecule has 0 atom stereocenters. The molecule has 1 N–H and O–H groups in total. The van der Waals surface area contributed by atoms with E-state index in [2.05, 4.69) is 19.2 Å². The summed E-state index contributed by atoms with van der Waals surface area (Å²) < 4.78 is 12.1. The fourth-order valence-electron chi connectivity index (χ4n) is 3.63. The zero-order valence-electron chi connectivity index (χ0n) is 18.5. The van der Waals surface area contributed by atoms with Crippen molar-refractivity contribution in [3.63, 3.8) is 0 Å². The molecule has 2 aliphatic rings. The van der Waals surface area contributed by atoms with E-state index in [1.807, 2.05) is 62.4 Å². The molecule has 4 nitrogen and oxygen atoms in total. The molecule has 0 aliphatic carbocycles. The van der Waals surface area contributed by atoms with Gasteiger partial charge in [0.2, 0.25) is 0 Å². The van der Waals surface area contributed by atoms with Crippen LogP contribution in [0.15, 0.2) is 57.7 Å². The van der Waals surface area contributed by atoms with Gasteiger partial charge in [-0.15, -0.1) is 0 Å². The molecule has 2 aromatic rings. The molecule has 0 saturated heterocycles. The first kappa shape index (κ1) is 23.0. The highest BCUT2D eigenvalue weighted by Crippen LogP contribution is 2.56. The molecule has 0 radical (unpaired) electrons. The lowest BCUT2D eigenvalue weighted by Gasteiger charge is -2.37. The first-order valence-corrected chi connectivity index (χ1v) is 12.6. The van der Waals surface area contributed by atoms with E-state index >= 15 is 0 Å². The molecule has 2 aromatic carbocycles. The van der Waals surface area contributed by atoms with Gasteiger partial charge in [0.05, 0.1) is 28.7 Å². The van der Waals surface area contributed by atoms with E-state index in [4.69, 9.17) is 21.7 Å². The third-order valence-corrected chi connectivity index (χ3v) is 8.48. The van der Waals surface area contributed by atoms with Gasteiger partial charge in [0, 0.05) is 20.9 Å². The molecule has 2 heterocycles. The van der Waals surface area contributed by atoms with Crippen molar-refractivity contribution < 1.29 is 14.3 Å². The lowest BCUT2D eigenvalue weighted by molar-refractivity contribution is -0.137. The number of thiocarbonyl (C=S) groups is 1. The zero-order valence-corrected chi connectivity index (χ0v) is 20.9. The van der Waals surface area contributed by atoms with E-state index in [0.717, 1.165) is 42.1 Å². The van der Waals surface area contributed by atoms with Crippen molar-refractivity contribution in [3.8, 4) is 5.75 Å². The molecular weight excluding hydrogens is 458 g/mol. The molecule has 0 bridgehead atoms. The van der Waals surface area contributed by atoms with Crippen molar-refractivity contribution in [3.05, 3.63) is 74.4 Å². The number of hydrogen-bond donors (Lipinski definition) is 1. The van der Waals surface area contributed by atoms with E-state index in [-0.39, 0.29) is 5.97 Å². The van der Waals surface area contributed by atoms with Crippen molar-refractivity contribution in [1.82, 2.24) is 5.32 Å². The fraction of sp³-hybridized carbons (Fsp3) is 0.280. The second kappa shape index (κ2) is 9.33. The van der Waals surface area contributed by atoms with Crippen LogP contribution in [-0.2, 0) is 9.53 Å². The number of thioether (sulfide) groups is 2. The summed E-state index contributed by atoms with van der Waals surface area (Å²) in [6, 6.07) is 16.0. The lowest BCUT2D eigenvalue weighted by Crippen LogP contribution is -2.49. The highest BCUT2D eigenvalue weighted by atomic mass is 32.2. The van der Waals surface area contributed by atoms with Gasteiger partial charge in [-0.2, -0.15) is 0 Å². The maximum atomic E-state index is 12.8. The Morgan fingerprint density at radius 3 is 2.47 bits per heavy atom. The topological polar surface area (TPSA) is 47.6 Å². The Morgan fingerprint density at radius 1 is 1.03 bits per heavy atom. The molecule has 0 amide bonds. The quantitative estimate of drug-likeness (QED) is 0.400. The summed E-state index contributed by atoms with van der Waals surface area (Å²) in [6.07, 6.45) is 0. The molecule has 0 spiro atoms. The lowest BCUT2D eigenvalue weighted by atomic mass is 9.86. The van der Waals surface area contributed by atoms with E-state index in [1.54, 1.807) is 11.8 Å². The summed E-state index contributed by atoms with van der Waals surface area (Å²) in [4.78, 5) is 15.2. The highest BCUT2D eigenvalue weighted by Gasteiger charge is 2.38. The largest absolute Gasteiger partial charge is 0.494 e. The zero-order chi connectivity index (χ0) is 22.9. The van der Waals surface area contributed by atoms with Crippen molar-refractivity contribution in [2.75, 3.05) is 13.2 Å². The first-order valence-electron chi connectivity index (χ1n) is 10.5. The smallest absolute Gasteiger partial charge is 0.346 e. The van der Waals surface area contributed by atoms with Gasteiger partial charge in [-0.25, -0.2) is 4.79 Å². The van der Waals surface area contributed by atoms with Gasteiger partial charge in [0.25, 0.3) is 0 Å². The van der Waals surface area contributed by atoms with Crippen LogP contribution < -0.4 is 10.1 Å². The molecule has 0 aromatic heterocycles. The number of esters is 1. The maximum Gasteiger partial charge on any atom is 0.346 e. The molecule has 32 heavy (non-hydrogen) atoms. The van der Waals surface area contributed by atoms with Crippen LogP contribution in [0.25, 0.3) is 10.6 Å². The van der Waals surface area contributed by atoms with Gasteiger partial charge in [-0.1, -0.05) is 66.1 Å². The van der Waals surface area contributed by atoms with Crippen molar-refractivity contribution in [1.29, 1.82) is 0 Å². The van der Waals surface area contributed by atoms with Gasteiger partial charge >= 0.3 is 5.97 Å². The predicted molar refractivity (Wildman–Crippen MR) is 139 cm³/mol. The molecular formula is C25H25NO3S3. The standard InChI is InChI=1S/C25H25NO3S3/c1-5-28-16-12-13-17-18(14-16)22(30)25(3,4)26-19(17)24-31-20(15-10-8-7-9-11-15)21(32-24)23(27)29-6-2/h7-14,26H,5-6H2,1-4H3/b24-19+. The van der Waals surface area contributed by atoms with E-state index in [9.17, 15) is 4.79 Å². The number of carbonyl (C=O) groups excluding carboxylic acids is 1. The number of benzene rings is 2. The summed E-state index contributed by atoms with van der Waals surface area (Å²) in [5.41, 5.74) is 3.57. The Morgan fingerprint density at radius 2 is 1.78 bits per heavy atom. The Hall–Kier alpha value is -2.22. The predicted octanol–water partition coefficient (Wildman–Crippen LogP) is 6.22. The van der Waals surface area contributed by atoms with Gasteiger partial charge in [0.1, 0.15) is 10.7 Å². The van der Waals surface area contributed by atoms with Crippen molar-refractivity contribution in [2.45, 2.75) is 33.2 Å².